The maximum absolute atomic E-state index is 12.8. The fourth-order valence-corrected chi connectivity index (χ4v) is 5.47. The van der Waals surface area contributed by atoms with E-state index in [0.29, 0.717) is 6.61 Å². The standard InChI is InChI=1S/C18H24N2O2S2/c1-3-22-17-13-18(23-15(17)2)24(21)20-11-9-19(10-12-20)14-16-7-5-4-6-8-16/h4-8,13H,3,9-12,14H2,1-2H3. The first kappa shape index (κ1) is 17.6. The number of thiophene rings is 1. The molecular weight excluding hydrogens is 340 g/mol. The van der Waals surface area contributed by atoms with E-state index in [1.54, 1.807) is 11.3 Å². The first-order valence-corrected chi connectivity index (χ1v) is 10.3. The van der Waals surface area contributed by atoms with Crippen molar-refractivity contribution >= 4 is 22.3 Å². The lowest BCUT2D eigenvalue weighted by Crippen LogP contribution is -2.46. The molecule has 1 aliphatic rings. The van der Waals surface area contributed by atoms with Gasteiger partial charge in [0, 0.05) is 43.7 Å². The Labute approximate surface area is 150 Å². The van der Waals surface area contributed by atoms with Gasteiger partial charge < -0.3 is 4.74 Å². The highest BCUT2D eigenvalue weighted by Crippen LogP contribution is 2.32. The molecule has 3 rings (SSSR count). The van der Waals surface area contributed by atoms with Gasteiger partial charge in [-0.2, -0.15) is 0 Å². The number of benzene rings is 1. The minimum atomic E-state index is -1.08. The van der Waals surface area contributed by atoms with Crippen molar-refractivity contribution in [3.63, 3.8) is 0 Å². The zero-order chi connectivity index (χ0) is 16.9. The lowest BCUT2D eigenvalue weighted by Gasteiger charge is -2.33. The van der Waals surface area contributed by atoms with Crippen LogP contribution in [0.3, 0.4) is 0 Å². The van der Waals surface area contributed by atoms with Crippen LogP contribution in [0.25, 0.3) is 0 Å². The summed E-state index contributed by atoms with van der Waals surface area (Å²) in [6, 6.07) is 12.5. The second-order valence-corrected chi connectivity index (χ2v) is 8.83. The van der Waals surface area contributed by atoms with Crippen molar-refractivity contribution in [3.8, 4) is 5.75 Å². The average molecular weight is 365 g/mol. The predicted molar refractivity (Wildman–Crippen MR) is 99.9 cm³/mol. The van der Waals surface area contributed by atoms with Gasteiger partial charge in [-0.1, -0.05) is 30.3 Å². The molecule has 1 aromatic carbocycles. The largest absolute Gasteiger partial charge is 0.493 e. The molecule has 4 nitrogen and oxygen atoms in total. The summed E-state index contributed by atoms with van der Waals surface area (Å²) in [5.74, 6) is 0.869. The average Bonchev–Trinajstić information content (AvgIpc) is 2.97. The summed E-state index contributed by atoms with van der Waals surface area (Å²) in [6.45, 7) is 9.16. The van der Waals surface area contributed by atoms with E-state index in [2.05, 4.69) is 33.5 Å². The lowest BCUT2D eigenvalue weighted by atomic mass is 10.2. The van der Waals surface area contributed by atoms with Gasteiger partial charge in [0.2, 0.25) is 0 Å². The maximum atomic E-state index is 12.8. The van der Waals surface area contributed by atoms with Crippen LogP contribution in [0.4, 0.5) is 0 Å². The Balaban J connectivity index is 1.56. The van der Waals surface area contributed by atoms with E-state index in [4.69, 9.17) is 4.74 Å². The van der Waals surface area contributed by atoms with Crippen LogP contribution in [0.1, 0.15) is 17.4 Å². The molecule has 0 saturated carbocycles. The zero-order valence-electron chi connectivity index (χ0n) is 14.2. The van der Waals surface area contributed by atoms with Crippen LogP contribution < -0.4 is 4.74 Å². The molecule has 1 fully saturated rings. The normalized spacial score (nSPS) is 17.8. The molecule has 1 unspecified atom stereocenters. The molecule has 6 heteroatoms. The summed E-state index contributed by atoms with van der Waals surface area (Å²) in [4.78, 5) is 3.52. The van der Waals surface area contributed by atoms with Gasteiger partial charge in [0.1, 0.15) is 20.9 Å². The summed E-state index contributed by atoms with van der Waals surface area (Å²) in [6.07, 6.45) is 0. The van der Waals surface area contributed by atoms with Crippen molar-refractivity contribution in [2.45, 2.75) is 24.6 Å². The molecule has 0 aliphatic carbocycles. The minimum absolute atomic E-state index is 0.641. The van der Waals surface area contributed by atoms with Crippen molar-refractivity contribution in [2.75, 3.05) is 32.8 Å². The van der Waals surface area contributed by atoms with E-state index < -0.39 is 11.0 Å². The molecule has 0 amide bonds. The maximum Gasteiger partial charge on any atom is 0.138 e. The number of hydrogen-bond donors (Lipinski definition) is 0. The summed E-state index contributed by atoms with van der Waals surface area (Å²) in [5.41, 5.74) is 1.34. The second-order valence-electron chi connectivity index (χ2n) is 5.86. The van der Waals surface area contributed by atoms with Gasteiger partial charge in [-0.05, 0) is 19.4 Å². The summed E-state index contributed by atoms with van der Waals surface area (Å²) in [7, 11) is -1.08. The van der Waals surface area contributed by atoms with Crippen LogP contribution in [0, 0.1) is 6.92 Å². The van der Waals surface area contributed by atoms with E-state index in [0.717, 1.165) is 47.6 Å². The molecule has 130 valence electrons. The number of nitrogens with zero attached hydrogens (tertiary/aromatic N) is 2. The molecule has 1 aromatic heterocycles. The van der Waals surface area contributed by atoms with Crippen LogP contribution in [-0.4, -0.2) is 46.2 Å². The van der Waals surface area contributed by atoms with Gasteiger partial charge in [-0.25, -0.2) is 8.51 Å². The van der Waals surface area contributed by atoms with Gasteiger partial charge in [-0.15, -0.1) is 11.3 Å². The van der Waals surface area contributed by atoms with E-state index in [1.807, 2.05) is 26.0 Å². The number of ether oxygens (including phenoxy) is 1. The summed E-state index contributed by atoms with van der Waals surface area (Å²) < 4.78 is 21.4. The molecule has 1 atom stereocenters. The Morgan fingerprint density at radius 2 is 1.88 bits per heavy atom. The van der Waals surface area contributed by atoms with Gasteiger partial charge in [0.15, 0.2) is 0 Å². The smallest absolute Gasteiger partial charge is 0.138 e. The first-order valence-electron chi connectivity index (χ1n) is 8.33. The van der Waals surface area contributed by atoms with E-state index in [-0.39, 0.29) is 0 Å². The van der Waals surface area contributed by atoms with Gasteiger partial charge >= 0.3 is 0 Å². The van der Waals surface area contributed by atoms with Gasteiger partial charge in [0.05, 0.1) is 6.61 Å². The monoisotopic (exact) mass is 364 g/mol. The van der Waals surface area contributed by atoms with E-state index in [1.165, 1.54) is 5.56 Å². The Bertz CT molecular complexity index is 680. The predicted octanol–water partition coefficient (Wildman–Crippen LogP) is 3.30. The van der Waals surface area contributed by atoms with Crippen molar-refractivity contribution in [1.29, 1.82) is 0 Å². The highest BCUT2D eigenvalue weighted by molar-refractivity contribution is 7.85. The highest BCUT2D eigenvalue weighted by Gasteiger charge is 2.24. The SMILES string of the molecule is CCOc1cc(S(=O)N2CCN(Cc3ccccc3)CC2)sc1C. The van der Waals surface area contributed by atoms with Crippen molar-refractivity contribution in [1.82, 2.24) is 9.21 Å². The van der Waals surface area contributed by atoms with Crippen molar-refractivity contribution in [2.24, 2.45) is 0 Å². The molecule has 2 aromatic rings. The Morgan fingerprint density at radius 1 is 1.17 bits per heavy atom. The van der Waals surface area contributed by atoms with Crippen LogP contribution in [0.2, 0.25) is 0 Å². The Hall–Kier alpha value is -1.21. The molecule has 2 heterocycles. The quantitative estimate of drug-likeness (QED) is 0.788. The summed E-state index contributed by atoms with van der Waals surface area (Å²) >= 11 is 1.58. The zero-order valence-corrected chi connectivity index (χ0v) is 15.9. The van der Waals surface area contributed by atoms with Gasteiger partial charge in [0.25, 0.3) is 0 Å². The number of piperazine rings is 1. The van der Waals surface area contributed by atoms with E-state index in [9.17, 15) is 4.21 Å². The molecule has 0 spiro atoms. The number of hydrogen-bond acceptors (Lipinski definition) is 4. The van der Waals surface area contributed by atoms with Crippen LogP contribution in [0.15, 0.2) is 40.6 Å². The Morgan fingerprint density at radius 3 is 2.54 bits per heavy atom. The fourth-order valence-electron chi connectivity index (χ4n) is 2.85. The second kappa shape index (κ2) is 8.25. The van der Waals surface area contributed by atoms with Crippen molar-refractivity contribution < 1.29 is 8.95 Å². The van der Waals surface area contributed by atoms with Crippen LogP contribution in [0.5, 0.6) is 5.75 Å². The van der Waals surface area contributed by atoms with Crippen LogP contribution in [-0.2, 0) is 17.5 Å². The number of rotatable bonds is 6. The molecule has 0 radical (unpaired) electrons. The molecule has 0 bridgehead atoms. The Kier molecular flexibility index (Phi) is 6.05. The van der Waals surface area contributed by atoms with Crippen LogP contribution >= 0.6 is 11.3 Å². The molecular formula is C18H24N2O2S2. The molecule has 1 saturated heterocycles. The third kappa shape index (κ3) is 4.25. The van der Waals surface area contributed by atoms with E-state index >= 15 is 0 Å². The highest BCUT2D eigenvalue weighted by atomic mass is 32.2. The minimum Gasteiger partial charge on any atom is -0.493 e. The first-order chi connectivity index (χ1) is 11.7. The third-order valence-electron chi connectivity index (χ3n) is 4.14. The molecule has 0 N–H and O–H groups in total. The molecule has 1 aliphatic heterocycles. The molecule has 24 heavy (non-hydrogen) atoms. The summed E-state index contributed by atoms with van der Waals surface area (Å²) in [5, 5.41) is 0. The van der Waals surface area contributed by atoms with Crippen molar-refractivity contribution in [3.05, 3.63) is 46.8 Å². The fraction of sp³-hybridized carbons (Fsp3) is 0.444. The topological polar surface area (TPSA) is 32.8 Å². The number of aryl methyl sites for hydroxylation is 1. The van der Waals surface area contributed by atoms with Gasteiger partial charge in [-0.3, -0.25) is 4.90 Å². The third-order valence-corrected chi connectivity index (χ3v) is 6.94. The lowest BCUT2D eigenvalue weighted by molar-refractivity contribution is 0.186.